The summed E-state index contributed by atoms with van der Waals surface area (Å²) < 4.78 is 4.59. The number of ether oxygens (including phenoxy) is 1. The van der Waals surface area contributed by atoms with Crippen molar-refractivity contribution in [3.8, 4) is 0 Å². The standard InChI is InChI=1S/C22H29N3O6S2/c1-15(22(29)30)17(6-7-20(27)31-2)21(28)25-12-8-16(9-13-25)24-18(26)10-14-32-33-19-5-3-4-11-23-19/h3-5,11,16H,6-10,12-14H2,1-2H3,(H,24,26)(H,29,30)/b17-15-. The molecule has 2 rings (SSSR count). The van der Waals surface area contributed by atoms with Gasteiger partial charge >= 0.3 is 11.9 Å². The van der Waals surface area contributed by atoms with E-state index in [1.807, 2.05) is 18.2 Å². The molecule has 9 nitrogen and oxygen atoms in total. The van der Waals surface area contributed by atoms with Gasteiger partial charge in [0.1, 0.15) is 5.03 Å². The molecule has 0 saturated carbocycles. The summed E-state index contributed by atoms with van der Waals surface area (Å²) in [6.45, 7) is 2.18. The third-order valence-corrected chi connectivity index (χ3v) is 7.45. The Balaban J connectivity index is 1.77. The molecule has 2 heterocycles. The largest absolute Gasteiger partial charge is 0.478 e. The molecule has 2 amide bonds. The van der Waals surface area contributed by atoms with Gasteiger partial charge in [0.2, 0.25) is 11.8 Å². The van der Waals surface area contributed by atoms with Gasteiger partial charge in [0.05, 0.1) is 7.11 Å². The average Bonchev–Trinajstić information content (AvgIpc) is 2.82. The summed E-state index contributed by atoms with van der Waals surface area (Å²) in [7, 11) is 4.35. The number of hydrogen-bond donors (Lipinski definition) is 2. The van der Waals surface area contributed by atoms with Crippen molar-refractivity contribution in [1.29, 1.82) is 0 Å². The van der Waals surface area contributed by atoms with Gasteiger partial charge in [-0.1, -0.05) is 16.9 Å². The van der Waals surface area contributed by atoms with Gasteiger partial charge in [0, 0.05) is 55.1 Å². The second-order valence-electron chi connectivity index (χ2n) is 7.44. The minimum Gasteiger partial charge on any atom is -0.478 e. The Morgan fingerprint density at radius 1 is 1.18 bits per heavy atom. The Hall–Kier alpha value is -2.53. The number of carboxylic acids is 1. The summed E-state index contributed by atoms with van der Waals surface area (Å²) in [4.78, 5) is 53.8. The fourth-order valence-electron chi connectivity index (χ4n) is 3.26. The number of aliphatic carboxylic acids is 1. The van der Waals surface area contributed by atoms with Gasteiger partial charge in [-0.15, -0.1) is 0 Å². The molecule has 1 aromatic heterocycles. The van der Waals surface area contributed by atoms with E-state index < -0.39 is 11.9 Å². The number of carbonyl (C=O) groups excluding carboxylic acids is 3. The Morgan fingerprint density at radius 3 is 2.52 bits per heavy atom. The maximum Gasteiger partial charge on any atom is 0.331 e. The van der Waals surface area contributed by atoms with E-state index in [0.717, 1.165) is 5.03 Å². The third-order valence-electron chi connectivity index (χ3n) is 5.18. The van der Waals surface area contributed by atoms with Crippen molar-refractivity contribution in [2.24, 2.45) is 0 Å². The quantitative estimate of drug-likeness (QED) is 0.206. The summed E-state index contributed by atoms with van der Waals surface area (Å²) in [6.07, 6.45) is 3.24. The van der Waals surface area contributed by atoms with Crippen molar-refractivity contribution in [2.45, 2.75) is 50.1 Å². The Kier molecular flexibility index (Phi) is 11.2. The molecule has 0 aromatic carbocycles. The number of likely N-dealkylation sites (tertiary alicyclic amines) is 1. The van der Waals surface area contributed by atoms with E-state index in [4.69, 9.17) is 0 Å². The molecule has 0 radical (unpaired) electrons. The number of aromatic nitrogens is 1. The highest BCUT2D eigenvalue weighted by Crippen LogP contribution is 2.29. The van der Waals surface area contributed by atoms with Crippen LogP contribution in [-0.2, 0) is 23.9 Å². The van der Waals surface area contributed by atoms with Gasteiger partial charge in [-0.2, -0.15) is 0 Å². The molecule has 180 valence electrons. The highest BCUT2D eigenvalue weighted by molar-refractivity contribution is 8.76. The number of amides is 2. The van der Waals surface area contributed by atoms with Crippen LogP contribution in [0.1, 0.15) is 39.0 Å². The summed E-state index contributed by atoms with van der Waals surface area (Å²) >= 11 is 0. The van der Waals surface area contributed by atoms with Crippen LogP contribution in [0.3, 0.4) is 0 Å². The van der Waals surface area contributed by atoms with Crippen molar-refractivity contribution in [1.82, 2.24) is 15.2 Å². The van der Waals surface area contributed by atoms with Crippen molar-refractivity contribution in [2.75, 3.05) is 26.0 Å². The molecule has 0 aliphatic carbocycles. The smallest absolute Gasteiger partial charge is 0.331 e. The lowest BCUT2D eigenvalue weighted by Crippen LogP contribution is -2.47. The summed E-state index contributed by atoms with van der Waals surface area (Å²) in [5.41, 5.74) is 0.0400. The van der Waals surface area contributed by atoms with Crippen LogP contribution in [0.25, 0.3) is 0 Å². The lowest BCUT2D eigenvalue weighted by atomic mass is 9.99. The highest BCUT2D eigenvalue weighted by Gasteiger charge is 2.28. The number of pyridine rings is 1. The van der Waals surface area contributed by atoms with Gasteiger partial charge in [-0.05, 0) is 49.1 Å². The van der Waals surface area contributed by atoms with Crippen molar-refractivity contribution in [3.05, 3.63) is 35.5 Å². The van der Waals surface area contributed by atoms with Crippen LogP contribution >= 0.6 is 21.6 Å². The third kappa shape index (κ3) is 9.09. The zero-order chi connectivity index (χ0) is 24.2. The van der Waals surface area contributed by atoms with E-state index >= 15 is 0 Å². The number of nitrogens with zero attached hydrogens (tertiary/aromatic N) is 2. The SMILES string of the molecule is COC(=O)CC/C(C(=O)N1CCC(NC(=O)CCSSc2ccccn2)CC1)=C(\C)C(=O)O. The minimum atomic E-state index is -1.19. The fraction of sp³-hybridized carbons (Fsp3) is 0.500. The van der Waals surface area contributed by atoms with Gasteiger partial charge < -0.3 is 20.1 Å². The Bertz CT molecular complexity index is 870. The van der Waals surface area contributed by atoms with Crippen LogP contribution in [0, 0.1) is 0 Å². The maximum absolute atomic E-state index is 12.9. The van der Waals surface area contributed by atoms with Crippen molar-refractivity contribution >= 4 is 45.3 Å². The van der Waals surface area contributed by atoms with E-state index in [-0.39, 0.29) is 41.8 Å². The number of nitrogens with one attached hydrogen (secondary N) is 1. The molecule has 0 bridgehead atoms. The van der Waals surface area contributed by atoms with Crippen LogP contribution < -0.4 is 5.32 Å². The van der Waals surface area contributed by atoms with Crippen LogP contribution in [0.4, 0.5) is 0 Å². The molecule has 1 aromatic rings. The minimum absolute atomic E-state index is 0.00842. The molecule has 0 unspecified atom stereocenters. The predicted octanol–water partition coefficient (Wildman–Crippen LogP) is 2.67. The number of methoxy groups -OCH3 is 1. The molecule has 0 atom stereocenters. The molecule has 2 N–H and O–H groups in total. The lowest BCUT2D eigenvalue weighted by molar-refractivity contribution is -0.140. The number of hydrogen-bond acceptors (Lipinski definition) is 8. The number of piperidine rings is 1. The first-order valence-electron chi connectivity index (χ1n) is 10.6. The molecule has 1 fully saturated rings. The highest BCUT2D eigenvalue weighted by atomic mass is 33.1. The first-order chi connectivity index (χ1) is 15.8. The second kappa shape index (κ2) is 13.9. The Morgan fingerprint density at radius 2 is 1.91 bits per heavy atom. The maximum atomic E-state index is 12.9. The number of carboxylic acid groups (broad SMARTS) is 1. The fourth-order valence-corrected chi connectivity index (χ4v) is 5.13. The molecular formula is C22H29N3O6S2. The van der Waals surface area contributed by atoms with E-state index in [2.05, 4.69) is 15.0 Å². The van der Waals surface area contributed by atoms with Crippen LogP contribution in [0.15, 0.2) is 40.6 Å². The number of esters is 1. The molecule has 0 spiro atoms. The molecule has 1 aliphatic rings. The molecule has 1 aliphatic heterocycles. The normalized spacial score (nSPS) is 14.9. The number of carbonyl (C=O) groups is 4. The molecule has 1 saturated heterocycles. The van der Waals surface area contributed by atoms with Crippen LogP contribution in [0.5, 0.6) is 0 Å². The molecular weight excluding hydrogens is 466 g/mol. The monoisotopic (exact) mass is 495 g/mol. The van der Waals surface area contributed by atoms with Gasteiger partial charge in [0.15, 0.2) is 0 Å². The lowest BCUT2D eigenvalue weighted by Gasteiger charge is -2.33. The van der Waals surface area contributed by atoms with Gasteiger partial charge in [-0.3, -0.25) is 14.4 Å². The van der Waals surface area contributed by atoms with Gasteiger partial charge in [-0.25, -0.2) is 9.78 Å². The summed E-state index contributed by atoms with van der Waals surface area (Å²) in [5, 5.41) is 13.2. The Labute approximate surface area is 201 Å². The average molecular weight is 496 g/mol. The first-order valence-corrected chi connectivity index (χ1v) is 12.9. The van der Waals surface area contributed by atoms with E-state index in [1.165, 1.54) is 24.8 Å². The van der Waals surface area contributed by atoms with Crippen molar-refractivity contribution < 1.29 is 29.0 Å². The van der Waals surface area contributed by atoms with Crippen molar-refractivity contribution in [3.63, 3.8) is 0 Å². The number of rotatable bonds is 11. The van der Waals surface area contributed by atoms with Crippen LogP contribution in [-0.4, -0.2) is 70.7 Å². The molecule has 11 heteroatoms. The zero-order valence-corrected chi connectivity index (χ0v) is 20.4. The summed E-state index contributed by atoms with van der Waals surface area (Å²) in [6, 6.07) is 5.66. The topological polar surface area (TPSA) is 126 Å². The molecule has 33 heavy (non-hydrogen) atoms. The van der Waals surface area contributed by atoms with E-state index in [9.17, 15) is 24.3 Å². The van der Waals surface area contributed by atoms with E-state index in [1.54, 1.807) is 21.9 Å². The summed E-state index contributed by atoms with van der Waals surface area (Å²) in [5.74, 6) is -1.45. The first kappa shape index (κ1) is 26.7. The predicted molar refractivity (Wildman–Crippen MR) is 126 cm³/mol. The second-order valence-corrected chi connectivity index (χ2v) is 9.88. The zero-order valence-electron chi connectivity index (χ0n) is 18.7. The van der Waals surface area contributed by atoms with Gasteiger partial charge in [0.25, 0.3) is 0 Å². The van der Waals surface area contributed by atoms with Crippen LogP contribution in [0.2, 0.25) is 0 Å². The van der Waals surface area contributed by atoms with E-state index in [0.29, 0.717) is 38.1 Å².